The summed E-state index contributed by atoms with van der Waals surface area (Å²) in [4.78, 5) is 0. The summed E-state index contributed by atoms with van der Waals surface area (Å²) in [7, 11) is 0. The molecule has 0 nitrogen and oxygen atoms in total. The minimum absolute atomic E-state index is 0.981. The van der Waals surface area contributed by atoms with E-state index in [1.54, 1.807) is 0 Å². The molecule has 0 aromatic carbocycles. The highest BCUT2D eigenvalue weighted by Gasteiger charge is 2.29. The van der Waals surface area contributed by atoms with Crippen LogP contribution >= 0.6 is 0 Å². The highest BCUT2D eigenvalue weighted by molar-refractivity contribution is 4.85. The predicted octanol–water partition coefficient (Wildman–Crippen LogP) is 4.56. The molecule has 1 fully saturated rings. The van der Waals surface area contributed by atoms with Crippen LogP contribution < -0.4 is 0 Å². The summed E-state index contributed by atoms with van der Waals surface area (Å²) >= 11 is 0. The molecule has 0 radical (unpaired) electrons. The molecule has 0 saturated heterocycles. The Morgan fingerprint density at radius 1 is 1.31 bits per heavy atom. The van der Waals surface area contributed by atoms with Crippen molar-refractivity contribution < 1.29 is 0 Å². The predicted molar refractivity (Wildman–Crippen MR) is 59.8 cm³/mol. The first-order chi connectivity index (χ1) is 6.38. The Hall–Kier alpha value is -0.260. The van der Waals surface area contributed by atoms with Gasteiger partial charge in [-0.15, -0.1) is 6.58 Å². The molecule has 0 bridgehead atoms. The Morgan fingerprint density at radius 3 is 2.62 bits per heavy atom. The van der Waals surface area contributed by atoms with Crippen molar-refractivity contribution in [1.29, 1.82) is 0 Å². The van der Waals surface area contributed by atoms with Gasteiger partial charge in [-0.1, -0.05) is 38.7 Å². The molecule has 0 heterocycles. The molecule has 13 heavy (non-hydrogen) atoms. The molecule has 1 aliphatic carbocycles. The second kappa shape index (κ2) is 6.23. The van der Waals surface area contributed by atoms with Crippen LogP contribution in [-0.4, -0.2) is 0 Å². The molecule has 1 saturated carbocycles. The number of unbranched alkanes of at least 4 members (excludes halogenated alkanes) is 3. The first-order valence-corrected chi connectivity index (χ1v) is 5.99. The van der Waals surface area contributed by atoms with Gasteiger partial charge in [0.05, 0.1) is 0 Å². The maximum atomic E-state index is 3.86. The highest BCUT2D eigenvalue weighted by atomic mass is 14.3. The van der Waals surface area contributed by atoms with Gasteiger partial charge < -0.3 is 0 Å². The van der Waals surface area contributed by atoms with E-state index < -0.39 is 0 Å². The SMILES string of the molecule is C=CCC(CCCCCC)C1CC1. The molecule has 0 amide bonds. The van der Waals surface area contributed by atoms with Gasteiger partial charge in [-0.2, -0.15) is 0 Å². The lowest BCUT2D eigenvalue weighted by atomic mass is 9.93. The van der Waals surface area contributed by atoms with Crippen molar-refractivity contribution in [1.82, 2.24) is 0 Å². The lowest BCUT2D eigenvalue weighted by Gasteiger charge is -2.13. The van der Waals surface area contributed by atoms with Crippen LogP contribution in [0.3, 0.4) is 0 Å². The van der Waals surface area contributed by atoms with E-state index in [1.807, 2.05) is 0 Å². The summed E-state index contributed by atoms with van der Waals surface area (Å²) in [6.07, 6.45) is 13.5. The van der Waals surface area contributed by atoms with Crippen molar-refractivity contribution in [3.63, 3.8) is 0 Å². The zero-order valence-electron chi connectivity index (χ0n) is 9.10. The average Bonchev–Trinajstić information content (AvgIpc) is 2.93. The number of hydrogen-bond donors (Lipinski definition) is 0. The minimum Gasteiger partial charge on any atom is -0.103 e. The number of hydrogen-bond acceptors (Lipinski definition) is 0. The van der Waals surface area contributed by atoms with E-state index in [0.29, 0.717) is 0 Å². The fourth-order valence-corrected chi connectivity index (χ4v) is 2.16. The summed E-state index contributed by atoms with van der Waals surface area (Å²) in [6.45, 7) is 6.13. The summed E-state index contributed by atoms with van der Waals surface area (Å²) < 4.78 is 0. The van der Waals surface area contributed by atoms with Crippen LogP contribution in [0.15, 0.2) is 12.7 Å². The largest absolute Gasteiger partial charge is 0.103 e. The molecule has 0 aromatic rings. The van der Waals surface area contributed by atoms with E-state index in [2.05, 4.69) is 19.6 Å². The fourth-order valence-electron chi connectivity index (χ4n) is 2.16. The van der Waals surface area contributed by atoms with Crippen LogP contribution in [0.5, 0.6) is 0 Å². The molecule has 1 aliphatic rings. The van der Waals surface area contributed by atoms with E-state index >= 15 is 0 Å². The Labute approximate surface area is 83.4 Å². The maximum Gasteiger partial charge on any atom is -0.0322 e. The smallest absolute Gasteiger partial charge is 0.0322 e. The van der Waals surface area contributed by atoms with Crippen LogP contribution in [0.2, 0.25) is 0 Å². The molecular formula is C13H24. The number of rotatable bonds is 8. The monoisotopic (exact) mass is 180 g/mol. The topological polar surface area (TPSA) is 0 Å². The molecule has 1 unspecified atom stereocenters. The van der Waals surface area contributed by atoms with Crippen molar-refractivity contribution in [2.45, 2.75) is 58.3 Å². The van der Waals surface area contributed by atoms with Crippen molar-refractivity contribution in [2.24, 2.45) is 11.8 Å². The Bertz CT molecular complexity index is 133. The van der Waals surface area contributed by atoms with Crippen LogP contribution in [0, 0.1) is 11.8 Å². The van der Waals surface area contributed by atoms with E-state index in [1.165, 1.54) is 51.4 Å². The normalized spacial score (nSPS) is 18.5. The van der Waals surface area contributed by atoms with Crippen LogP contribution in [0.1, 0.15) is 58.3 Å². The molecule has 1 atom stereocenters. The van der Waals surface area contributed by atoms with Gasteiger partial charge in [0, 0.05) is 0 Å². The van der Waals surface area contributed by atoms with Crippen molar-refractivity contribution in [3.8, 4) is 0 Å². The fraction of sp³-hybridized carbons (Fsp3) is 0.846. The van der Waals surface area contributed by atoms with Gasteiger partial charge in [0.1, 0.15) is 0 Å². The third-order valence-corrected chi connectivity index (χ3v) is 3.19. The van der Waals surface area contributed by atoms with Gasteiger partial charge in [-0.3, -0.25) is 0 Å². The highest BCUT2D eigenvalue weighted by Crippen LogP contribution is 2.41. The van der Waals surface area contributed by atoms with Gasteiger partial charge in [0.25, 0.3) is 0 Å². The van der Waals surface area contributed by atoms with Gasteiger partial charge in [0.2, 0.25) is 0 Å². The standard InChI is InChI=1S/C13H24/c1-3-5-6-7-9-12(8-4-2)13-10-11-13/h4,12-13H,2-3,5-11H2,1H3. The molecule has 76 valence electrons. The molecular weight excluding hydrogens is 156 g/mol. The van der Waals surface area contributed by atoms with Crippen LogP contribution in [0.4, 0.5) is 0 Å². The van der Waals surface area contributed by atoms with Crippen molar-refractivity contribution in [3.05, 3.63) is 12.7 Å². The van der Waals surface area contributed by atoms with E-state index in [4.69, 9.17) is 0 Å². The zero-order chi connectivity index (χ0) is 9.52. The third kappa shape index (κ3) is 4.50. The summed E-state index contributed by atoms with van der Waals surface area (Å²) in [6, 6.07) is 0. The van der Waals surface area contributed by atoms with Gasteiger partial charge in [-0.25, -0.2) is 0 Å². The van der Waals surface area contributed by atoms with Crippen molar-refractivity contribution >= 4 is 0 Å². The van der Waals surface area contributed by atoms with Crippen LogP contribution in [-0.2, 0) is 0 Å². The van der Waals surface area contributed by atoms with E-state index in [9.17, 15) is 0 Å². The number of allylic oxidation sites excluding steroid dienone is 1. The van der Waals surface area contributed by atoms with E-state index in [-0.39, 0.29) is 0 Å². The maximum absolute atomic E-state index is 3.86. The summed E-state index contributed by atoms with van der Waals surface area (Å²) in [5.41, 5.74) is 0. The quantitative estimate of drug-likeness (QED) is 0.379. The summed E-state index contributed by atoms with van der Waals surface area (Å²) in [5, 5.41) is 0. The zero-order valence-corrected chi connectivity index (χ0v) is 9.10. The van der Waals surface area contributed by atoms with Crippen LogP contribution in [0.25, 0.3) is 0 Å². The van der Waals surface area contributed by atoms with E-state index in [0.717, 1.165) is 11.8 Å². The van der Waals surface area contributed by atoms with Gasteiger partial charge >= 0.3 is 0 Å². The van der Waals surface area contributed by atoms with Gasteiger partial charge in [0.15, 0.2) is 0 Å². The minimum atomic E-state index is 0.981. The lowest BCUT2D eigenvalue weighted by molar-refractivity contribution is 0.410. The summed E-state index contributed by atoms with van der Waals surface area (Å²) in [5.74, 6) is 2.05. The molecule has 0 aliphatic heterocycles. The molecule has 0 aromatic heterocycles. The van der Waals surface area contributed by atoms with Crippen molar-refractivity contribution in [2.75, 3.05) is 0 Å². The first kappa shape index (κ1) is 10.8. The molecule has 1 rings (SSSR count). The second-order valence-electron chi connectivity index (χ2n) is 4.47. The Kier molecular flexibility index (Phi) is 5.19. The Balaban J connectivity index is 2.03. The molecule has 0 heteroatoms. The average molecular weight is 180 g/mol. The third-order valence-electron chi connectivity index (χ3n) is 3.19. The van der Waals surface area contributed by atoms with Gasteiger partial charge in [-0.05, 0) is 37.5 Å². The lowest BCUT2D eigenvalue weighted by Crippen LogP contribution is -2.01. The first-order valence-electron chi connectivity index (χ1n) is 5.99. The molecule has 0 N–H and O–H groups in total. The second-order valence-corrected chi connectivity index (χ2v) is 4.47. The Morgan fingerprint density at radius 2 is 2.08 bits per heavy atom. The molecule has 0 spiro atoms.